The summed E-state index contributed by atoms with van der Waals surface area (Å²) in [5.74, 6) is -4.12. The number of halogens is 4. The summed E-state index contributed by atoms with van der Waals surface area (Å²) in [6.45, 7) is 0.837. The van der Waals surface area contributed by atoms with E-state index in [2.05, 4.69) is 9.88 Å². The van der Waals surface area contributed by atoms with Crippen molar-refractivity contribution < 1.29 is 21.6 Å². The molecule has 1 aromatic heterocycles. The summed E-state index contributed by atoms with van der Waals surface area (Å²) in [4.78, 5) is 5.89. The van der Waals surface area contributed by atoms with Crippen LogP contribution in [-0.4, -0.2) is 45.5 Å². The maximum Gasteiger partial charge on any atom is 0.268 e. The van der Waals surface area contributed by atoms with Crippen molar-refractivity contribution in [2.75, 3.05) is 36.8 Å². The van der Waals surface area contributed by atoms with E-state index in [-0.39, 0.29) is 5.69 Å². The second-order valence-electron chi connectivity index (χ2n) is 8.25. The molecule has 0 bridgehead atoms. The first-order valence-electron chi connectivity index (χ1n) is 10.4. The molecule has 34 heavy (non-hydrogen) atoms. The standard InChI is InChI=1S/C23H22ClF3N4O2S/c1-30(2)23(15-7-4-3-5-8-15)11-12-31(14-23)17-13-16(25)22(21(27)20(17)24)34(32,33)29-19-10-6-9-18(26)28-19/h3-10,13H,11-12,14H2,1-2H3,(H,28,29). The van der Waals surface area contributed by atoms with Gasteiger partial charge in [0.25, 0.3) is 10.0 Å². The summed E-state index contributed by atoms with van der Waals surface area (Å²) in [5.41, 5.74) is 0.678. The molecule has 1 aliphatic heterocycles. The Morgan fingerprint density at radius 3 is 2.44 bits per heavy atom. The van der Waals surface area contributed by atoms with E-state index in [1.807, 2.05) is 49.1 Å². The number of rotatable bonds is 6. The fourth-order valence-corrected chi connectivity index (χ4v) is 5.77. The van der Waals surface area contributed by atoms with Crippen molar-refractivity contribution in [1.29, 1.82) is 0 Å². The van der Waals surface area contributed by atoms with Gasteiger partial charge in [-0.1, -0.05) is 48.0 Å². The van der Waals surface area contributed by atoms with Crippen molar-refractivity contribution in [3.63, 3.8) is 0 Å². The Morgan fingerprint density at radius 1 is 1.09 bits per heavy atom. The lowest BCUT2D eigenvalue weighted by Crippen LogP contribution is -2.44. The molecule has 0 aliphatic carbocycles. The quantitative estimate of drug-likeness (QED) is 0.387. The number of hydrogen-bond acceptors (Lipinski definition) is 5. The fourth-order valence-electron chi connectivity index (χ4n) is 4.30. The van der Waals surface area contributed by atoms with Crippen LogP contribution in [0, 0.1) is 17.6 Å². The molecule has 1 aliphatic rings. The van der Waals surface area contributed by atoms with Crippen LogP contribution < -0.4 is 9.62 Å². The smallest absolute Gasteiger partial charge is 0.268 e. The maximum atomic E-state index is 15.2. The molecule has 0 radical (unpaired) electrons. The molecule has 1 N–H and O–H groups in total. The number of benzene rings is 2. The lowest BCUT2D eigenvalue weighted by atomic mass is 9.88. The van der Waals surface area contributed by atoms with E-state index in [1.54, 1.807) is 4.90 Å². The second-order valence-corrected chi connectivity index (χ2v) is 10.2. The van der Waals surface area contributed by atoms with Crippen molar-refractivity contribution in [2.24, 2.45) is 0 Å². The van der Waals surface area contributed by atoms with Gasteiger partial charge in [-0.25, -0.2) is 22.2 Å². The maximum absolute atomic E-state index is 15.2. The van der Waals surface area contributed by atoms with Gasteiger partial charge in [0.05, 0.1) is 11.2 Å². The second kappa shape index (κ2) is 9.09. The molecule has 11 heteroatoms. The van der Waals surface area contributed by atoms with Gasteiger partial charge in [-0.3, -0.25) is 9.62 Å². The molecule has 0 spiro atoms. The lowest BCUT2D eigenvalue weighted by molar-refractivity contribution is 0.176. The third-order valence-electron chi connectivity index (χ3n) is 6.08. The topological polar surface area (TPSA) is 65.5 Å². The van der Waals surface area contributed by atoms with Crippen molar-refractivity contribution in [3.05, 3.63) is 82.8 Å². The zero-order valence-corrected chi connectivity index (χ0v) is 20.0. The Balaban J connectivity index is 1.69. The summed E-state index contributed by atoms with van der Waals surface area (Å²) >= 11 is 6.24. The minimum absolute atomic E-state index is 0.0548. The molecule has 4 rings (SSSR count). The minimum atomic E-state index is -4.77. The van der Waals surface area contributed by atoms with Crippen molar-refractivity contribution in [2.45, 2.75) is 16.9 Å². The number of pyridine rings is 1. The van der Waals surface area contributed by atoms with E-state index in [0.717, 1.165) is 23.8 Å². The Kier molecular flexibility index (Phi) is 6.50. The highest BCUT2D eigenvalue weighted by Gasteiger charge is 2.43. The molecule has 180 valence electrons. The third kappa shape index (κ3) is 4.33. The van der Waals surface area contributed by atoms with E-state index in [4.69, 9.17) is 11.6 Å². The normalized spacial score (nSPS) is 18.5. The van der Waals surface area contributed by atoms with Crippen LogP contribution in [0.2, 0.25) is 5.02 Å². The summed E-state index contributed by atoms with van der Waals surface area (Å²) in [7, 11) is -0.911. The van der Waals surface area contributed by atoms with Gasteiger partial charge in [-0.15, -0.1) is 0 Å². The van der Waals surface area contributed by atoms with Gasteiger partial charge < -0.3 is 4.90 Å². The number of nitrogens with zero attached hydrogens (tertiary/aromatic N) is 3. The number of likely N-dealkylation sites (N-methyl/N-ethyl adjacent to an activating group) is 1. The van der Waals surface area contributed by atoms with Crippen molar-refractivity contribution in [1.82, 2.24) is 9.88 Å². The Hall–Kier alpha value is -2.82. The lowest BCUT2D eigenvalue weighted by Gasteiger charge is -2.37. The van der Waals surface area contributed by atoms with Crippen LogP contribution in [-0.2, 0) is 15.6 Å². The van der Waals surface area contributed by atoms with Crippen LogP contribution in [0.15, 0.2) is 59.5 Å². The zero-order valence-electron chi connectivity index (χ0n) is 18.4. The summed E-state index contributed by atoms with van der Waals surface area (Å²) in [5, 5.41) is -0.517. The van der Waals surface area contributed by atoms with Crippen LogP contribution in [0.3, 0.4) is 0 Å². The average molecular weight is 511 g/mol. The first kappa shape index (κ1) is 24.3. The van der Waals surface area contributed by atoms with Crippen molar-refractivity contribution in [3.8, 4) is 0 Å². The van der Waals surface area contributed by atoms with Gasteiger partial charge in [0, 0.05) is 19.2 Å². The monoisotopic (exact) mass is 510 g/mol. The highest BCUT2D eigenvalue weighted by Crippen LogP contribution is 2.42. The van der Waals surface area contributed by atoms with Gasteiger partial charge in [-0.05, 0) is 38.2 Å². The molecule has 0 amide bonds. The Bertz CT molecular complexity index is 1330. The molecule has 6 nitrogen and oxygen atoms in total. The SMILES string of the molecule is CN(C)C1(c2ccccc2)CCN(c2cc(F)c(S(=O)(=O)Nc3cccc(F)n3)c(F)c2Cl)C1. The first-order chi connectivity index (χ1) is 16.0. The van der Waals surface area contributed by atoms with Crippen LogP contribution in [0.25, 0.3) is 0 Å². The zero-order chi connectivity index (χ0) is 24.7. The van der Waals surface area contributed by atoms with Crippen LogP contribution >= 0.6 is 11.6 Å². The van der Waals surface area contributed by atoms with E-state index < -0.39 is 48.9 Å². The molecular weight excluding hydrogens is 489 g/mol. The largest absolute Gasteiger partial charge is 0.368 e. The predicted molar refractivity (Wildman–Crippen MR) is 125 cm³/mol. The van der Waals surface area contributed by atoms with E-state index in [9.17, 15) is 12.8 Å². The van der Waals surface area contributed by atoms with Crippen LogP contribution in [0.4, 0.5) is 24.7 Å². The molecule has 1 saturated heterocycles. The summed E-state index contributed by atoms with van der Waals surface area (Å²) < 4.78 is 70.8. The van der Waals surface area contributed by atoms with Gasteiger partial charge in [-0.2, -0.15) is 4.39 Å². The van der Waals surface area contributed by atoms with Gasteiger partial charge in [0.1, 0.15) is 16.7 Å². The average Bonchev–Trinajstić information content (AvgIpc) is 3.23. The summed E-state index contributed by atoms with van der Waals surface area (Å²) in [6.07, 6.45) is 0.663. The summed E-state index contributed by atoms with van der Waals surface area (Å²) in [6, 6.07) is 14.0. The number of hydrogen-bond donors (Lipinski definition) is 1. The highest BCUT2D eigenvalue weighted by atomic mass is 35.5. The minimum Gasteiger partial charge on any atom is -0.368 e. The third-order valence-corrected chi connectivity index (χ3v) is 7.82. The molecular formula is C23H22ClF3N4O2S. The fraction of sp³-hybridized carbons (Fsp3) is 0.261. The molecule has 1 atom stereocenters. The van der Waals surface area contributed by atoms with Crippen LogP contribution in [0.1, 0.15) is 12.0 Å². The van der Waals surface area contributed by atoms with E-state index in [1.165, 1.54) is 6.07 Å². The predicted octanol–water partition coefficient (Wildman–Crippen LogP) is 4.62. The molecule has 1 fully saturated rings. The number of nitrogens with one attached hydrogen (secondary N) is 1. The molecule has 2 aromatic carbocycles. The van der Waals surface area contributed by atoms with Gasteiger partial charge >= 0.3 is 0 Å². The highest BCUT2D eigenvalue weighted by molar-refractivity contribution is 7.92. The Morgan fingerprint density at radius 2 is 1.79 bits per heavy atom. The molecule has 3 aromatic rings. The molecule has 1 unspecified atom stereocenters. The Labute approximate surface area is 201 Å². The van der Waals surface area contributed by atoms with E-state index in [0.29, 0.717) is 19.5 Å². The van der Waals surface area contributed by atoms with Crippen molar-refractivity contribution >= 4 is 33.1 Å². The van der Waals surface area contributed by atoms with Gasteiger partial charge in [0.15, 0.2) is 10.7 Å². The number of anilines is 2. The van der Waals surface area contributed by atoms with Crippen LogP contribution in [0.5, 0.6) is 0 Å². The van der Waals surface area contributed by atoms with E-state index >= 15 is 8.78 Å². The first-order valence-corrected chi connectivity index (χ1v) is 12.2. The number of sulfonamides is 1. The number of aromatic nitrogens is 1. The van der Waals surface area contributed by atoms with Gasteiger partial charge in [0.2, 0.25) is 5.95 Å². The molecule has 2 heterocycles. The molecule has 0 saturated carbocycles.